The van der Waals surface area contributed by atoms with Crippen molar-refractivity contribution in [2.24, 2.45) is 0 Å². The first kappa shape index (κ1) is 20.5. The first-order valence-corrected chi connectivity index (χ1v) is 10.3. The predicted molar refractivity (Wildman–Crippen MR) is 117 cm³/mol. The Labute approximate surface area is 181 Å². The Morgan fingerprint density at radius 1 is 1.03 bits per heavy atom. The van der Waals surface area contributed by atoms with Gasteiger partial charge in [0.25, 0.3) is 0 Å². The van der Waals surface area contributed by atoms with E-state index in [0.717, 1.165) is 22.5 Å². The monoisotopic (exact) mass is 415 g/mol. The molecule has 0 bridgehead atoms. The quantitative estimate of drug-likeness (QED) is 0.472. The van der Waals surface area contributed by atoms with Gasteiger partial charge in [-0.2, -0.15) is 10.1 Å². The van der Waals surface area contributed by atoms with Gasteiger partial charge >= 0.3 is 0 Å². The highest BCUT2D eigenvalue weighted by atomic mass is 16.5. The lowest BCUT2D eigenvalue weighted by atomic mass is 10.2. The van der Waals surface area contributed by atoms with Gasteiger partial charge in [-0.3, -0.25) is 9.48 Å². The molecule has 31 heavy (non-hydrogen) atoms. The van der Waals surface area contributed by atoms with E-state index in [1.807, 2.05) is 67.1 Å². The molecule has 0 radical (unpaired) electrons. The number of nitrogens with one attached hydrogen (secondary N) is 1. The number of amides is 1. The summed E-state index contributed by atoms with van der Waals surface area (Å²) >= 11 is 0. The van der Waals surface area contributed by atoms with Gasteiger partial charge in [0.1, 0.15) is 0 Å². The van der Waals surface area contributed by atoms with Crippen molar-refractivity contribution in [3.63, 3.8) is 0 Å². The molecule has 0 fully saturated rings. The van der Waals surface area contributed by atoms with Gasteiger partial charge in [-0.25, -0.2) is 0 Å². The summed E-state index contributed by atoms with van der Waals surface area (Å²) in [6.45, 7) is 5.17. The van der Waals surface area contributed by atoms with E-state index < -0.39 is 0 Å². The largest absolute Gasteiger partial charge is 0.352 e. The van der Waals surface area contributed by atoms with Crippen LogP contribution in [0, 0.1) is 13.8 Å². The number of aryl methyl sites for hydroxylation is 2. The highest BCUT2D eigenvalue weighted by molar-refractivity contribution is 5.76. The predicted octanol–water partition coefficient (Wildman–Crippen LogP) is 3.85. The van der Waals surface area contributed by atoms with Crippen LogP contribution in [-0.2, 0) is 24.3 Å². The Bertz CT molecular complexity index is 1150. The van der Waals surface area contributed by atoms with E-state index in [1.54, 1.807) is 0 Å². The minimum absolute atomic E-state index is 0.0610. The first-order chi connectivity index (χ1) is 15.1. The highest BCUT2D eigenvalue weighted by Crippen LogP contribution is 2.16. The van der Waals surface area contributed by atoms with Crippen LogP contribution in [0.5, 0.6) is 0 Å². The van der Waals surface area contributed by atoms with Crippen molar-refractivity contribution in [2.75, 3.05) is 0 Å². The minimum Gasteiger partial charge on any atom is -0.352 e. The van der Waals surface area contributed by atoms with Crippen LogP contribution in [0.3, 0.4) is 0 Å². The maximum Gasteiger partial charge on any atom is 0.227 e. The normalized spacial score (nSPS) is 10.9. The zero-order chi connectivity index (χ0) is 21.6. The van der Waals surface area contributed by atoms with E-state index >= 15 is 0 Å². The smallest absolute Gasteiger partial charge is 0.227 e. The van der Waals surface area contributed by atoms with E-state index in [1.165, 1.54) is 5.56 Å². The van der Waals surface area contributed by atoms with Crippen molar-refractivity contribution in [2.45, 2.75) is 39.8 Å². The van der Waals surface area contributed by atoms with Crippen molar-refractivity contribution in [1.29, 1.82) is 0 Å². The lowest BCUT2D eigenvalue weighted by molar-refractivity contribution is -0.121. The van der Waals surface area contributed by atoms with Crippen LogP contribution in [-0.4, -0.2) is 25.8 Å². The second kappa shape index (κ2) is 9.38. The van der Waals surface area contributed by atoms with Crippen molar-refractivity contribution >= 4 is 5.91 Å². The van der Waals surface area contributed by atoms with Gasteiger partial charge in [0.2, 0.25) is 17.6 Å². The van der Waals surface area contributed by atoms with E-state index in [4.69, 9.17) is 4.52 Å². The van der Waals surface area contributed by atoms with Gasteiger partial charge in [0.05, 0.1) is 12.2 Å². The summed E-state index contributed by atoms with van der Waals surface area (Å²) in [5, 5.41) is 11.6. The van der Waals surface area contributed by atoms with Crippen LogP contribution in [0.4, 0.5) is 0 Å². The highest BCUT2D eigenvalue weighted by Gasteiger charge is 2.14. The molecule has 4 aromatic rings. The fourth-order valence-electron chi connectivity index (χ4n) is 3.46. The van der Waals surface area contributed by atoms with Crippen LogP contribution in [0.2, 0.25) is 0 Å². The molecule has 1 amide bonds. The Morgan fingerprint density at radius 3 is 2.48 bits per heavy atom. The number of nitrogens with zero attached hydrogens (tertiary/aromatic N) is 4. The summed E-state index contributed by atoms with van der Waals surface area (Å²) in [5.41, 5.74) is 5.12. The number of benzene rings is 2. The van der Waals surface area contributed by atoms with E-state index in [2.05, 4.69) is 32.7 Å². The number of rotatable bonds is 8. The number of hydrogen-bond donors (Lipinski definition) is 1. The molecule has 2 heterocycles. The van der Waals surface area contributed by atoms with Crippen molar-refractivity contribution in [1.82, 2.24) is 25.2 Å². The first-order valence-electron chi connectivity index (χ1n) is 10.3. The minimum atomic E-state index is -0.0610. The molecule has 2 aromatic carbocycles. The molecule has 0 saturated carbocycles. The molecule has 0 spiro atoms. The van der Waals surface area contributed by atoms with Gasteiger partial charge in [-0.1, -0.05) is 65.8 Å². The fraction of sp³-hybridized carbons (Fsp3) is 0.250. The third-order valence-corrected chi connectivity index (χ3v) is 5.23. The molecule has 0 unspecified atom stereocenters. The maximum absolute atomic E-state index is 12.4. The molecular formula is C24H25N5O2. The number of hydrogen-bond acceptors (Lipinski definition) is 5. The molecule has 0 aliphatic carbocycles. The molecule has 158 valence electrons. The lowest BCUT2D eigenvalue weighted by Gasteiger charge is -2.07. The fourth-order valence-corrected chi connectivity index (χ4v) is 3.46. The van der Waals surface area contributed by atoms with Crippen LogP contribution in [0.25, 0.3) is 11.4 Å². The Kier molecular flexibility index (Phi) is 6.21. The molecule has 0 atom stereocenters. The third kappa shape index (κ3) is 5.06. The maximum atomic E-state index is 12.4. The van der Waals surface area contributed by atoms with Crippen LogP contribution < -0.4 is 5.32 Å². The van der Waals surface area contributed by atoms with Gasteiger partial charge in [0, 0.05) is 36.2 Å². The molecular weight excluding hydrogens is 390 g/mol. The van der Waals surface area contributed by atoms with Gasteiger partial charge in [-0.05, 0) is 19.4 Å². The Balaban J connectivity index is 1.31. The van der Waals surface area contributed by atoms with Crippen LogP contribution in [0.1, 0.15) is 34.8 Å². The SMILES string of the molecule is Cc1nn(Cc2ccccc2)c(C)c1CNC(=O)CCc1nc(-c2ccccc2)no1. The number of carbonyl (C=O) groups excluding carboxylic acids is 1. The Hall–Kier alpha value is -3.74. The standard InChI is InChI=1S/C24H25N5O2/c1-17-21(18(2)29(27-17)16-19-9-5-3-6-10-19)15-25-22(30)13-14-23-26-24(28-31-23)20-11-7-4-8-12-20/h3-12H,13-16H2,1-2H3,(H,25,30). The third-order valence-electron chi connectivity index (χ3n) is 5.23. The molecule has 0 saturated heterocycles. The molecule has 0 aliphatic heterocycles. The van der Waals surface area contributed by atoms with E-state index in [0.29, 0.717) is 31.2 Å². The summed E-state index contributed by atoms with van der Waals surface area (Å²) in [6.07, 6.45) is 0.684. The summed E-state index contributed by atoms with van der Waals surface area (Å²) in [5.74, 6) is 0.930. The van der Waals surface area contributed by atoms with E-state index in [-0.39, 0.29) is 12.3 Å². The topological polar surface area (TPSA) is 85.8 Å². The molecule has 0 aliphatic rings. The number of carbonyl (C=O) groups is 1. The van der Waals surface area contributed by atoms with Crippen LogP contribution in [0.15, 0.2) is 65.2 Å². The number of aromatic nitrogens is 4. The van der Waals surface area contributed by atoms with Crippen LogP contribution >= 0.6 is 0 Å². The second-order valence-electron chi connectivity index (χ2n) is 7.45. The Morgan fingerprint density at radius 2 is 1.74 bits per heavy atom. The molecule has 7 nitrogen and oxygen atoms in total. The molecule has 7 heteroatoms. The zero-order valence-corrected chi connectivity index (χ0v) is 17.7. The summed E-state index contributed by atoms with van der Waals surface area (Å²) in [6, 6.07) is 19.8. The molecule has 4 rings (SSSR count). The summed E-state index contributed by atoms with van der Waals surface area (Å²) < 4.78 is 7.26. The molecule has 1 N–H and O–H groups in total. The van der Waals surface area contributed by atoms with Gasteiger partial charge in [-0.15, -0.1) is 0 Å². The average molecular weight is 415 g/mol. The summed E-state index contributed by atoms with van der Waals surface area (Å²) in [4.78, 5) is 16.7. The average Bonchev–Trinajstić information content (AvgIpc) is 3.37. The van der Waals surface area contributed by atoms with Crippen molar-refractivity contribution in [3.05, 3.63) is 89.1 Å². The lowest BCUT2D eigenvalue weighted by Crippen LogP contribution is -2.23. The van der Waals surface area contributed by atoms with E-state index in [9.17, 15) is 4.79 Å². The van der Waals surface area contributed by atoms with Crippen molar-refractivity contribution in [3.8, 4) is 11.4 Å². The van der Waals surface area contributed by atoms with Gasteiger partial charge in [0.15, 0.2) is 0 Å². The molecule has 2 aromatic heterocycles. The van der Waals surface area contributed by atoms with Gasteiger partial charge < -0.3 is 9.84 Å². The zero-order valence-electron chi connectivity index (χ0n) is 17.7. The second-order valence-corrected chi connectivity index (χ2v) is 7.45. The summed E-state index contributed by atoms with van der Waals surface area (Å²) in [7, 11) is 0. The van der Waals surface area contributed by atoms with Crippen molar-refractivity contribution < 1.29 is 9.32 Å².